The van der Waals surface area contributed by atoms with Gasteiger partial charge in [-0.15, -0.1) is 0 Å². The summed E-state index contributed by atoms with van der Waals surface area (Å²) in [5.74, 6) is 0.684. The minimum Gasteiger partial charge on any atom is -0.495 e. The Bertz CT molecular complexity index is 975. The van der Waals surface area contributed by atoms with Crippen molar-refractivity contribution in [1.29, 1.82) is 0 Å². The molecule has 27 heavy (non-hydrogen) atoms. The second-order valence-electron chi connectivity index (χ2n) is 6.40. The average Bonchev–Trinajstić information content (AvgIpc) is 2.95. The zero-order valence-electron chi connectivity index (χ0n) is 14.9. The van der Waals surface area contributed by atoms with Crippen LogP contribution in [0.3, 0.4) is 0 Å². The summed E-state index contributed by atoms with van der Waals surface area (Å²) >= 11 is 6.18. The van der Waals surface area contributed by atoms with Gasteiger partial charge in [-0.05, 0) is 29.8 Å². The number of halogens is 1. The van der Waals surface area contributed by atoms with Crippen molar-refractivity contribution in [2.45, 2.75) is 12.7 Å². The lowest BCUT2D eigenvalue weighted by Gasteiger charge is -2.28. The maximum absolute atomic E-state index is 13.1. The number of benzene rings is 3. The third kappa shape index (κ3) is 3.36. The highest BCUT2D eigenvalue weighted by Gasteiger charge is 2.36. The largest absolute Gasteiger partial charge is 0.495 e. The topological polar surface area (TPSA) is 41.6 Å². The van der Waals surface area contributed by atoms with Gasteiger partial charge in [-0.2, -0.15) is 0 Å². The third-order valence-electron chi connectivity index (χ3n) is 4.71. The lowest BCUT2D eigenvalue weighted by Crippen LogP contribution is -2.32. The lowest BCUT2D eigenvalue weighted by molar-refractivity contribution is 0.0728. The predicted octanol–water partition coefficient (Wildman–Crippen LogP) is 5.12. The van der Waals surface area contributed by atoms with Gasteiger partial charge in [-0.1, -0.05) is 60.1 Å². The summed E-state index contributed by atoms with van der Waals surface area (Å²) in [5.41, 5.74) is 3.48. The zero-order valence-corrected chi connectivity index (χ0v) is 15.6. The first-order valence-electron chi connectivity index (χ1n) is 8.71. The Labute approximate surface area is 163 Å². The number of methoxy groups -OCH3 is 1. The van der Waals surface area contributed by atoms with Crippen molar-refractivity contribution in [3.05, 3.63) is 94.5 Å². The van der Waals surface area contributed by atoms with E-state index in [1.165, 1.54) is 0 Å². The average molecular weight is 379 g/mol. The van der Waals surface area contributed by atoms with Gasteiger partial charge in [0, 0.05) is 22.7 Å². The van der Waals surface area contributed by atoms with Crippen molar-refractivity contribution in [3.63, 3.8) is 0 Å². The molecule has 0 bridgehead atoms. The first-order valence-corrected chi connectivity index (χ1v) is 9.09. The maximum Gasteiger partial charge on any atom is 0.256 e. The Kier molecular flexibility index (Phi) is 4.73. The molecule has 3 aromatic rings. The quantitative estimate of drug-likeness (QED) is 0.670. The van der Waals surface area contributed by atoms with Crippen LogP contribution in [0.15, 0.2) is 72.8 Å². The summed E-state index contributed by atoms with van der Waals surface area (Å²) in [4.78, 5) is 14.9. The molecule has 0 saturated carbocycles. The summed E-state index contributed by atoms with van der Waals surface area (Å²) in [6, 6.07) is 23.1. The molecule has 1 heterocycles. The van der Waals surface area contributed by atoms with Gasteiger partial charge in [0.1, 0.15) is 11.9 Å². The van der Waals surface area contributed by atoms with Crippen LogP contribution in [0.5, 0.6) is 5.75 Å². The van der Waals surface area contributed by atoms with Crippen molar-refractivity contribution in [2.24, 2.45) is 0 Å². The van der Waals surface area contributed by atoms with E-state index >= 15 is 0 Å². The van der Waals surface area contributed by atoms with E-state index in [1.54, 1.807) is 13.2 Å². The number of hydrogen-bond acceptors (Lipinski definition) is 3. The Morgan fingerprint density at radius 2 is 1.78 bits per heavy atom. The number of hydrogen-bond donors (Lipinski definition) is 1. The molecule has 4 nitrogen and oxygen atoms in total. The highest BCUT2D eigenvalue weighted by molar-refractivity contribution is 6.30. The number of anilines is 1. The van der Waals surface area contributed by atoms with E-state index in [0.717, 1.165) is 16.8 Å². The van der Waals surface area contributed by atoms with Crippen LogP contribution < -0.4 is 10.1 Å². The monoisotopic (exact) mass is 378 g/mol. The Morgan fingerprint density at radius 3 is 2.56 bits per heavy atom. The summed E-state index contributed by atoms with van der Waals surface area (Å²) in [7, 11) is 1.61. The van der Waals surface area contributed by atoms with E-state index in [9.17, 15) is 4.79 Å². The second kappa shape index (κ2) is 7.33. The van der Waals surface area contributed by atoms with Gasteiger partial charge in [0.25, 0.3) is 5.91 Å². The molecule has 136 valence electrons. The number of amides is 1. The normalized spacial score (nSPS) is 15.6. The fourth-order valence-electron chi connectivity index (χ4n) is 3.41. The molecule has 1 aliphatic rings. The van der Waals surface area contributed by atoms with Crippen LogP contribution in [0.2, 0.25) is 5.02 Å². The summed E-state index contributed by atoms with van der Waals surface area (Å²) in [6.07, 6.45) is -0.304. The summed E-state index contributed by atoms with van der Waals surface area (Å²) in [5, 5.41) is 4.06. The molecule has 0 saturated heterocycles. The number of carbonyl (C=O) groups excluding carboxylic acids is 1. The molecule has 0 unspecified atom stereocenters. The molecular formula is C22H19ClN2O2. The standard InChI is InChI=1S/C22H19ClN2O2/c1-27-20-12-11-16(23)13-19(20)24-21-17-9-5-6-10-18(17)22(26)25(21)14-15-7-3-2-4-8-15/h2-13,21,24H,14H2,1H3/t21-/m1/s1. The number of rotatable bonds is 5. The Hall–Kier alpha value is -2.98. The van der Waals surface area contributed by atoms with Crippen LogP contribution in [-0.4, -0.2) is 17.9 Å². The molecule has 3 aromatic carbocycles. The fourth-order valence-corrected chi connectivity index (χ4v) is 3.58. The summed E-state index contributed by atoms with van der Waals surface area (Å²) in [6.45, 7) is 0.509. The van der Waals surface area contributed by atoms with Gasteiger partial charge in [-0.3, -0.25) is 4.79 Å². The summed E-state index contributed by atoms with van der Waals surface area (Å²) < 4.78 is 5.45. The van der Waals surface area contributed by atoms with Gasteiger partial charge in [0.2, 0.25) is 0 Å². The van der Waals surface area contributed by atoms with Crippen molar-refractivity contribution >= 4 is 23.2 Å². The first-order chi connectivity index (χ1) is 13.2. The molecule has 0 radical (unpaired) electrons. The maximum atomic E-state index is 13.1. The van der Waals surface area contributed by atoms with Crippen molar-refractivity contribution < 1.29 is 9.53 Å². The van der Waals surface area contributed by atoms with Crippen molar-refractivity contribution in [2.75, 3.05) is 12.4 Å². The number of carbonyl (C=O) groups is 1. The van der Waals surface area contributed by atoms with Gasteiger partial charge in [-0.25, -0.2) is 0 Å². The molecule has 4 rings (SSSR count). The molecule has 0 aliphatic carbocycles. The zero-order chi connectivity index (χ0) is 18.8. The van der Waals surface area contributed by atoms with Crippen molar-refractivity contribution in [3.8, 4) is 5.75 Å². The van der Waals surface area contributed by atoms with E-state index in [1.807, 2.05) is 71.6 Å². The van der Waals surface area contributed by atoms with E-state index in [-0.39, 0.29) is 12.1 Å². The minimum atomic E-state index is -0.304. The number of nitrogens with one attached hydrogen (secondary N) is 1. The fraction of sp³-hybridized carbons (Fsp3) is 0.136. The van der Waals surface area contributed by atoms with E-state index < -0.39 is 0 Å². The molecule has 5 heteroatoms. The van der Waals surface area contributed by atoms with Gasteiger partial charge < -0.3 is 15.0 Å². The van der Waals surface area contributed by atoms with E-state index in [4.69, 9.17) is 16.3 Å². The number of fused-ring (bicyclic) bond motifs is 1. The molecule has 0 spiro atoms. The van der Waals surface area contributed by atoms with Crippen LogP contribution in [-0.2, 0) is 6.54 Å². The highest BCUT2D eigenvalue weighted by Crippen LogP contribution is 2.38. The molecule has 1 amide bonds. The van der Waals surface area contributed by atoms with E-state index in [0.29, 0.717) is 22.9 Å². The van der Waals surface area contributed by atoms with Crippen LogP contribution >= 0.6 is 11.6 Å². The van der Waals surface area contributed by atoms with Crippen molar-refractivity contribution in [1.82, 2.24) is 4.90 Å². The Morgan fingerprint density at radius 1 is 1.04 bits per heavy atom. The molecular weight excluding hydrogens is 360 g/mol. The van der Waals surface area contributed by atoms with Gasteiger partial charge >= 0.3 is 0 Å². The van der Waals surface area contributed by atoms with Gasteiger partial charge in [0.15, 0.2) is 0 Å². The van der Waals surface area contributed by atoms with Gasteiger partial charge in [0.05, 0.1) is 12.8 Å². The highest BCUT2D eigenvalue weighted by atomic mass is 35.5. The SMILES string of the molecule is COc1ccc(Cl)cc1N[C@H]1c2ccccc2C(=O)N1Cc1ccccc1. The number of nitrogens with zero attached hydrogens (tertiary/aromatic N) is 1. The van der Waals surface area contributed by atoms with Crippen LogP contribution in [0.1, 0.15) is 27.7 Å². The second-order valence-corrected chi connectivity index (χ2v) is 6.83. The molecule has 1 N–H and O–H groups in total. The smallest absolute Gasteiger partial charge is 0.256 e. The Balaban J connectivity index is 1.73. The molecule has 0 aromatic heterocycles. The van der Waals surface area contributed by atoms with E-state index in [2.05, 4.69) is 5.32 Å². The third-order valence-corrected chi connectivity index (χ3v) is 4.94. The lowest BCUT2D eigenvalue weighted by atomic mass is 10.1. The predicted molar refractivity (Wildman–Crippen MR) is 107 cm³/mol. The van der Waals surface area contributed by atoms with Crippen LogP contribution in [0, 0.1) is 0 Å². The molecule has 1 atom stereocenters. The van der Waals surface area contributed by atoms with Crippen LogP contribution in [0.25, 0.3) is 0 Å². The number of ether oxygens (including phenoxy) is 1. The van der Waals surface area contributed by atoms with Crippen LogP contribution in [0.4, 0.5) is 5.69 Å². The molecule has 1 aliphatic heterocycles. The molecule has 0 fully saturated rings. The minimum absolute atomic E-state index is 0.00736. The first kappa shape index (κ1) is 17.4.